The van der Waals surface area contributed by atoms with Crippen LogP contribution in [0.15, 0.2) is 0 Å². The molecular weight excluding hydrogens is 428 g/mol. The summed E-state index contributed by atoms with van der Waals surface area (Å²) in [4.78, 5) is 46.3. The smallest absolute Gasteiger partial charge is 0.309 e. The molecule has 0 aliphatic carbocycles. The molecule has 2 aliphatic rings. The first-order valence-electron chi connectivity index (χ1n) is 9.63. The molecule has 4 N–H and O–H groups in total. The number of hydrogen-bond donors (Lipinski definition) is 3. The fourth-order valence-electron chi connectivity index (χ4n) is 3.60. The molecular formula is C18H26N6O4S2. The van der Waals surface area contributed by atoms with Gasteiger partial charge in [-0.1, -0.05) is 12.2 Å². The Kier molecular flexibility index (Phi) is 7.34. The number of aromatic nitrogens is 1. The number of hydrogen-bond acceptors (Lipinski definition) is 8. The van der Waals surface area contributed by atoms with Crippen molar-refractivity contribution in [3.8, 4) is 0 Å². The van der Waals surface area contributed by atoms with Gasteiger partial charge in [-0.3, -0.25) is 14.4 Å². The van der Waals surface area contributed by atoms with E-state index < -0.39 is 23.9 Å². The van der Waals surface area contributed by atoms with Crippen LogP contribution in [0.25, 0.3) is 0 Å². The molecule has 0 bridgehead atoms. The number of thiocarbonyl (C=S) groups is 1. The zero-order valence-electron chi connectivity index (χ0n) is 17.0. The lowest BCUT2D eigenvalue weighted by Gasteiger charge is -2.40. The normalized spacial score (nSPS) is 21.6. The molecule has 0 unspecified atom stereocenters. The molecule has 164 valence electrons. The molecule has 10 nitrogen and oxygen atoms in total. The maximum Gasteiger partial charge on any atom is 0.309 e. The van der Waals surface area contributed by atoms with E-state index >= 15 is 0 Å². The second kappa shape index (κ2) is 9.77. The van der Waals surface area contributed by atoms with Crippen LogP contribution in [0.1, 0.15) is 26.8 Å². The third-order valence-corrected chi connectivity index (χ3v) is 6.66. The molecule has 2 atom stereocenters. The molecule has 30 heavy (non-hydrogen) atoms. The summed E-state index contributed by atoms with van der Waals surface area (Å²) in [5, 5.41) is 5.98. The van der Waals surface area contributed by atoms with Gasteiger partial charge in [-0.05, 0) is 13.5 Å². The second-order valence-corrected chi connectivity index (χ2v) is 9.02. The lowest BCUT2D eigenvalue weighted by Crippen LogP contribution is -2.62. The van der Waals surface area contributed by atoms with Gasteiger partial charge in [-0.25, -0.2) is 4.98 Å². The van der Waals surface area contributed by atoms with E-state index in [2.05, 4.69) is 20.5 Å². The molecule has 0 radical (unpaired) electrons. The molecule has 3 rings (SSSR count). The van der Waals surface area contributed by atoms with E-state index in [-0.39, 0.29) is 5.91 Å². The minimum Gasteiger partial charge on any atom is -0.378 e. The Bertz CT molecular complexity index is 845. The fourth-order valence-corrected chi connectivity index (χ4v) is 4.98. The Balaban J connectivity index is 1.73. The van der Waals surface area contributed by atoms with Gasteiger partial charge in [0, 0.05) is 44.6 Å². The van der Waals surface area contributed by atoms with E-state index in [1.54, 1.807) is 7.11 Å². The average molecular weight is 455 g/mol. The summed E-state index contributed by atoms with van der Waals surface area (Å²) in [7, 11) is 3.60. The van der Waals surface area contributed by atoms with Gasteiger partial charge in [0.2, 0.25) is 0 Å². The molecule has 0 spiro atoms. The number of likely N-dealkylation sites (tertiary alicyclic amines) is 1. The minimum absolute atomic E-state index is 0.293. The number of thiazole rings is 1. The molecule has 1 aromatic heterocycles. The summed E-state index contributed by atoms with van der Waals surface area (Å²) in [6, 6.07) is -0.913. The zero-order chi connectivity index (χ0) is 21.8. The molecule has 0 saturated carbocycles. The van der Waals surface area contributed by atoms with Crippen LogP contribution in [-0.4, -0.2) is 90.0 Å². The van der Waals surface area contributed by atoms with Gasteiger partial charge < -0.3 is 30.9 Å². The van der Waals surface area contributed by atoms with Crippen molar-refractivity contribution in [1.29, 1.82) is 0 Å². The summed E-state index contributed by atoms with van der Waals surface area (Å²) in [6.45, 7) is 2.93. The summed E-state index contributed by atoms with van der Waals surface area (Å²) >= 11 is 6.77. The van der Waals surface area contributed by atoms with Gasteiger partial charge in [0.05, 0.1) is 24.4 Å². The Hall–Kier alpha value is -2.15. The van der Waals surface area contributed by atoms with Crippen molar-refractivity contribution < 1.29 is 19.1 Å². The zero-order valence-corrected chi connectivity index (χ0v) is 18.6. The van der Waals surface area contributed by atoms with Gasteiger partial charge >= 0.3 is 11.8 Å². The van der Waals surface area contributed by atoms with Crippen LogP contribution >= 0.6 is 23.6 Å². The highest BCUT2D eigenvalue weighted by atomic mass is 32.1. The third-order valence-electron chi connectivity index (χ3n) is 5.21. The third kappa shape index (κ3) is 5.31. The van der Waals surface area contributed by atoms with Crippen LogP contribution in [-0.2, 0) is 27.3 Å². The molecule has 0 aromatic carbocycles. The summed E-state index contributed by atoms with van der Waals surface area (Å²) in [5.41, 5.74) is 6.04. The second-order valence-electron chi connectivity index (χ2n) is 7.46. The first kappa shape index (κ1) is 22.5. The number of carbonyl (C=O) groups is 3. The van der Waals surface area contributed by atoms with E-state index in [0.717, 1.165) is 30.1 Å². The van der Waals surface area contributed by atoms with E-state index in [1.165, 1.54) is 11.3 Å². The monoisotopic (exact) mass is 454 g/mol. The summed E-state index contributed by atoms with van der Waals surface area (Å²) in [5.74, 6) is -2.24. The number of methoxy groups -OCH3 is 1. The van der Waals surface area contributed by atoms with Crippen molar-refractivity contribution in [1.82, 2.24) is 25.4 Å². The Morgan fingerprint density at radius 2 is 2.07 bits per heavy atom. The van der Waals surface area contributed by atoms with E-state index in [0.29, 0.717) is 36.1 Å². The van der Waals surface area contributed by atoms with Crippen molar-refractivity contribution in [2.45, 2.75) is 31.5 Å². The highest BCUT2D eigenvalue weighted by Gasteiger charge is 2.34. The van der Waals surface area contributed by atoms with Crippen molar-refractivity contribution in [3.63, 3.8) is 0 Å². The number of primary amides is 1. The first-order valence-corrected chi connectivity index (χ1v) is 10.9. The highest BCUT2D eigenvalue weighted by molar-refractivity contribution is 7.80. The average Bonchev–Trinajstić information content (AvgIpc) is 3.12. The molecule has 1 aromatic rings. The molecule has 3 amide bonds. The van der Waals surface area contributed by atoms with Gasteiger partial charge in [0.15, 0.2) is 5.01 Å². The number of ether oxygens (including phenoxy) is 1. The van der Waals surface area contributed by atoms with Crippen molar-refractivity contribution >= 4 is 46.3 Å². The Labute approximate surface area is 184 Å². The minimum atomic E-state index is -1.06. The number of amides is 3. The van der Waals surface area contributed by atoms with Gasteiger partial charge in [-0.2, -0.15) is 0 Å². The van der Waals surface area contributed by atoms with Crippen LogP contribution < -0.4 is 16.4 Å². The fraction of sp³-hybridized carbons (Fsp3) is 0.611. The molecule has 12 heteroatoms. The SMILES string of the molecule is COCC(=S)N1CC[C@H](NC(=O)C(N)=O)[C@H](NC(=O)c2nc3c(s2)CN(C)CC3)C1. The van der Waals surface area contributed by atoms with Crippen LogP contribution in [0.5, 0.6) is 0 Å². The first-order chi connectivity index (χ1) is 14.3. The highest BCUT2D eigenvalue weighted by Crippen LogP contribution is 2.24. The van der Waals surface area contributed by atoms with Gasteiger partial charge in [-0.15, -0.1) is 11.3 Å². The molecule has 1 saturated heterocycles. The number of carbonyl (C=O) groups excluding carboxylic acids is 3. The Morgan fingerprint density at radius 3 is 2.77 bits per heavy atom. The number of fused-ring (bicyclic) bond motifs is 1. The van der Waals surface area contributed by atoms with Gasteiger partial charge in [0.1, 0.15) is 4.99 Å². The van der Waals surface area contributed by atoms with Gasteiger partial charge in [0.25, 0.3) is 5.91 Å². The standard InChI is InChI=1S/C18H26N6O4S2/c1-23-5-3-11-13(8-23)30-18(22-11)17(27)21-12-7-24(14(29)9-28-2)6-4-10(12)20-16(26)15(19)25/h10,12H,3-9H2,1-2H3,(H2,19,25)(H,20,26)(H,21,27)/t10-,12+/m0/s1. The van der Waals surface area contributed by atoms with E-state index in [1.807, 2.05) is 11.9 Å². The van der Waals surface area contributed by atoms with Crippen LogP contribution in [0.2, 0.25) is 0 Å². The number of nitrogens with zero attached hydrogens (tertiary/aromatic N) is 3. The van der Waals surface area contributed by atoms with Crippen LogP contribution in [0, 0.1) is 0 Å². The van der Waals surface area contributed by atoms with Crippen molar-refractivity contribution in [3.05, 3.63) is 15.6 Å². The maximum absolute atomic E-state index is 12.9. The predicted octanol–water partition coefficient (Wildman–Crippen LogP) is -1.12. The molecule has 1 fully saturated rings. The number of nitrogens with one attached hydrogen (secondary N) is 2. The summed E-state index contributed by atoms with van der Waals surface area (Å²) < 4.78 is 5.11. The largest absolute Gasteiger partial charge is 0.378 e. The van der Waals surface area contributed by atoms with E-state index in [4.69, 9.17) is 22.7 Å². The molecule has 3 heterocycles. The van der Waals surface area contributed by atoms with Crippen LogP contribution in [0.3, 0.4) is 0 Å². The lowest BCUT2D eigenvalue weighted by molar-refractivity contribution is -0.138. The van der Waals surface area contributed by atoms with Crippen molar-refractivity contribution in [2.75, 3.05) is 40.4 Å². The molecule has 2 aliphatic heterocycles. The number of rotatable bonds is 5. The topological polar surface area (TPSA) is 130 Å². The quantitative estimate of drug-likeness (QED) is 0.377. The van der Waals surface area contributed by atoms with E-state index in [9.17, 15) is 14.4 Å². The van der Waals surface area contributed by atoms with Crippen LogP contribution in [0.4, 0.5) is 0 Å². The van der Waals surface area contributed by atoms with Crippen molar-refractivity contribution in [2.24, 2.45) is 5.73 Å². The number of nitrogens with two attached hydrogens (primary N) is 1. The maximum atomic E-state index is 12.9. The number of likely N-dealkylation sites (N-methyl/N-ethyl adjacent to an activating group) is 1. The predicted molar refractivity (Wildman–Crippen MR) is 115 cm³/mol. The Morgan fingerprint density at radius 1 is 1.30 bits per heavy atom. The lowest BCUT2D eigenvalue weighted by atomic mass is 9.98. The summed E-state index contributed by atoms with van der Waals surface area (Å²) in [6.07, 6.45) is 1.31. The number of piperidine rings is 1.